The third kappa shape index (κ3) is 3.20. The molecule has 6 nitrogen and oxygen atoms in total. The Bertz CT molecular complexity index is 294. The van der Waals surface area contributed by atoms with Crippen molar-refractivity contribution in [1.82, 2.24) is 19.9 Å². The molecule has 0 aromatic carbocycles. The molecule has 1 rings (SSSR count). The van der Waals surface area contributed by atoms with Crippen molar-refractivity contribution in [3.05, 3.63) is 11.9 Å². The van der Waals surface area contributed by atoms with Crippen molar-refractivity contribution in [3.8, 4) is 0 Å². The Morgan fingerprint density at radius 1 is 1.69 bits per heavy atom. The van der Waals surface area contributed by atoms with Gasteiger partial charge in [-0.1, -0.05) is 5.21 Å². The first kappa shape index (κ1) is 9.66. The zero-order valence-corrected chi connectivity index (χ0v) is 7.64. The average Bonchev–Trinajstić information content (AvgIpc) is 2.33. The summed E-state index contributed by atoms with van der Waals surface area (Å²) in [5, 5.41) is 15.9. The maximum atomic E-state index is 10.3. The predicted molar refractivity (Wildman–Crippen MR) is 45.0 cm³/mol. The highest BCUT2D eigenvalue weighted by Crippen LogP contribution is 1.95. The number of aromatic nitrogens is 3. The fourth-order valence-corrected chi connectivity index (χ4v) is 0.951. The van der Waals surface area contributed by atoms with Crippen LogP contribution in [0.5, 0.6) is 0 Å². The maximum absolute atomic E-state index is 10.3. The van der Waals surface area contributed by atoms with E-state index in [1.54, 1.807) is 6.20 Å². The Kier molecular flexibility index (Phi) is 2.97. The van der Waals surface area contributed by atoms with E-state index >= 15 is 0 Å². The van der Waals surface area contributed by atoms with Gasteiger partial charge in [0.25, 0.3) is 0 Å². The molecule has 0 unspecified atom stereocenters. The van der Waals surface area contributed by atoms with Crippen LogP contribution in [0.25, 0.3) is 0 Å². The predicted octanol–water partition coefficient (Wildman–Crippen LogP) is -0.576. The second kappa shape index (κ2) is 3.99. The van der Waals surface area contributed by atoms with E-state index in [9.17, 15) is 4.79 Å². The molecular weight excluding hydrogens is 172 g/mol. The van der Waals surface area contributed by atoms with Gasteiger partial charge in [-0.25, -0.2) is 4.68 Å². The number of hydrogen-bond donors (Lipinski definition) is 1. The van der Waals surface area contributed by atoms with Gasteiger partial charge >= 0.3 is 5.97 Å². The summed E-state index contributed by atoms with van der Waals surface area (Å²) < 4.78 is 1.31. The van der Waals surface area contributed by atoms with E-state index in [2.05, 4.69) is 10.3 Å². The monoisotopic (exact) mass is 184 g/mol. The van der Waals surface area contributed by atoms with E-state index < -0.39 is 5.97 Å². The van der Waals surface area contributed by atoms with Gasteiger partial charge in [0.1, 0.15) is 6.54 Å². The number of aliphatic carboxylic acids is 1. The molecule has 0 atom stereocenters. The first-order valence-electron chi connectivity index (χ1n) is 3.83. The number of rotatable bonds is 4. The second-order valence-electron chi connectivity index (χ2n) is 3.04. The molecule has 0 amide bonds. The average molecular weight is 184 g/mol. The Morgan fingerprint density at radius 2 is 2.38 bits per heavy atom. The van der Waals surface area contributed by atoms with E-state index in [1.807, 2.05) is 19.0 Å². The lowest BCUT2D eigenvalue weighted by atomic mass is 10.4. The molecule has 0 fully saturated rings. The number of hydrogen-bond acceptors (Lipinski definition) is 4. The molecule has 13 heavy (non-hydrogen) atoms. The summed E-state index contributed by atoms with van der Waals surface area (Å²) in [6.45, 7) is 0.528. The van der Waals surface area contributed by atoms with Crippen LogP contribution in [-0.2, 0) is 17.9 Å². The third-order valence-electron chi connectivity index (χ3n) is 1.36. The molecule has 1 N–H and O–H groups in total. The van der Waals surface area contributed by atoms with E-state index in [0.717, 1.165) is 5.69 Å². The molecule has 0 saturated carbocycles. The Morgan fingerprint density at radius 3 is 2.92 bits per heavy atom. The van der Waals surface area contributed by atoms with Crippen LogP contribution in [-0.4, -0.2) is 45.1 Å². The van der Waals surface area contributed by atoms with Crippen LogP contribution >= 0.6 is 0 Å². The van der Waals surface area contributed by atoms with Crippen molar-refractivity contribution in [2.24, 2.45) is 0 Å². The number of carboxylic acids is 1. The number of nitrogens with zero attached hydrogens (tertiary/aromatic N) is 4. The largest absolute Gasteiger partial charge is 0.480 e. The standard InChI is InChI=1S/C7H12N4O2/c1-10(2)3-6-4-11(9-8-6)5-7(12)13/h4H,3,5H2,1-2H3,(H,12,13). The van der Waals surface area contributed by atoms with Crippen LogP contribution in [0.4, 0.5) is 0 Å². The van der Waals surface area contributed by atoms with Crippen molar-refractivity contribution in [2.45, 2.75) is 13.1 Å². The minimum absolute atomic E-state index is 0.138. The van der Waals surface area contributed by atoms with Crippen LogP contribution in [0, 0.1) is 0 Å². The van der Waals surface area contributed by atoms with Crippen molar-refractivity contribution in [2.75, 3.05) is 14.1 Å². The molecule has 1 heterocycles. The summed E-state index contributed by atoms with van der Waals surface area (Å²) in [7, 11) is 3.83. The van der Waals surface area contributed by atoms with Gasteiger partial charge in [0.2, 0.25) is 0 Å². The summed E-state index contributed by atoms with van der Waals surface area (Å²) in [5.74, 6) is -0.915. The van der Waals surface area contributed by atoms with Gasteiger partial charge in [-0.15, -0.1) is 5.10 Å². The van der Waals surface area contributed by atoms with E-state index in [-0.39, 0.29) is 6.54 Å². The summed E-state index contributed by atoms with van der Waals surface area (Å²) in [5.41, 5.74) is 0.770. The molecule has 0 bridgehead atoms. The van der Waals surface area contributed by atoms with E-state index in [1.165, 1.54) is 4.68 Å². The topological polar surface area (TPSA) is 71.2 Å². The lowest BCUT2D eigenvalue weighted by molar-refractivity contribution is -0.137. The summed E-state index contributed by atoms with van der Waals surface area (Å²) in [4.78, 5) is 12.2. The molecule has 0 aliphatic rings. The van der Waals surface area contributed by atoms with Crippen LogP contribution in [0.2, 0.25) is 0 Å². The van der Waals surface area contributed by atoms with E-state index in [4.69, 9.17) is 5.11 Å². The lowest BCUT2D eigenvalue weighted by Crippen LogP contribution is -2.11. The zero-order chi connectivity index (χ0) is 9.84. The molecule has 0 saturated heterocycles. The third-order valence-corrected chi connectivity index (χ3v) is 1.36. The molecule has 1 aromatic heterocycles. The molecule has 1 aromatic rings. The Labute approximate surface area is 75.8 Å². The second-order valence-corrected chi connectivity index (χ2v) is 3.04. The first-order chi connectivity index (χ1) is 6.08. The molecule has 0 radical (unpaired) electrons. The minimum atomic E-state index is -0.915. The maximum Gasteiger partial charge on any atom is 0.325 e. The molecule has 0 aliphatic carbocycles. The molecule has 0 spiro atoms. The molecule has 72 valence electrons. The van der Waals surface area contributed by atoms with Gasteiger partial charge in [0, 0.05) is 6.54 Å². The van der Waals surface area contributed by atoms with Crippen LogP contribution in [0.1, 0.15) is 5.69 Å². The van der Waals surface area contributed by atoms with Crippen molar-refractivity contribution in [3.63, 3.8) is 0 Å². The molecular formula is C7H12N4O2. The van der Waals surface area contributed by atoms with Gasteiger partial charge in [-0.3, -0.25) is 4.79 Å². The van der Waals surface area contributed by atoms with Crippen molar-refractivity contribution >= 4 is 5.97 Å². The highest BCUT2D eigenvalue weighted by molar-refractivity contribution is 5.66. The quantitative estimate of drug-likeness (QED) is 0.678. The van der Waals surface area contributed by atoms with Crippen LogP contribution in [0.3, 0.4) is 0 Å². The smallest absolute Gasteiger partial charge is 0.325 e. The van der Waals surface area contributed by atoms with E-state index in [0.29, 0.717) is 6.54 Å². The fourth-order valence-electron chi connectivity index (χ4n) is 0.951. The zero-order valence-electron chi connectivity index (χ0n) is 7.64. The summed E-state index contributed by atoms with van der Waals surface area (Å²) >= 11 is 0. The van der Waals surface area contributed by atoms with Crippen LogP contribution in [0.15, 0.2) is 6.20 Å². The number of carbonyl (C=O) groups is 1. The SMILES string of the molecule is CN(C)Cc1cn(CC(=O)O)nn1. The Balaban J connectivity index is 2.58. The highest BCUT2D eigenvalue weighted by atomic mass is 16.4. The summed E-state index contributed by atoms with van der Waals surface area (Å²) in [6, 6.07) is 0. The lowest BCUT2D eigenvalue weighted by Gasteiger charge is -2.04. The normalized spacial score (nSPS) is 10.7. The van der Waals surface area contributed by atoms with Gasteiger partial charge in [-0.05, 0) is 14.1 Å². The minimum Gasteiger partial charge on any atom is -0.480 e. The first-order valence-corrected chi connectivity index (χ1v) is 3.83. The van der Waals surface area contributed by atoms with Crippen molar-refractivity contribution in [1.29, 1.82) is 0 Å². The van der Waals surface area contributed by atoms with Crippen molar-refractivity contribution < 1.29 is 9.90 Å². The number of carboxylic acid groups (broad SMARTS) is 1. The summed E-state index contributed by atoms with van der Waals surface area (Å²) in [6.07, 6.45) is 1.63. The van der Waals surface area contributed by atoms with Crippen LogP contribution < -0.4 is 0 Å². The molecule has 6 heteroatoms. The van der Waals surface area contributed by atoms with Gasteiger partial charge < -0.3 is 10.0 Å². The highest BCUT2D eigenvalue weighted by Gasteiger charge is 2.04. The Hall–Kier alpha value is -1.43. The fraction of sp³-hybridized carbons (Fsp3) is 0.571. The van der Waals surface area contributed by atoms with Gasteiger partial charge in [0.15, 0.2) is 0 Å². The molecule has 0 aliphatic heterocycles. The van der Waals surface area contributed by atoms with Gasteiger partial charge in [-0.2, -0.15) is 0 Å². The van der Waals surface area contributed by atoms with Gasteiger partial charge in [0.05, 0.1) is 11.9 Å².